The van der Waals surface area contributed by atoms with Gasteiger partial charge in [0.15, 0.2) is 5.96 Å². The molecular weight excluding hydrogens is 393 g/mol. The van der Waals surface area contributed by atoms with Crippen molar-refractivity contribution >= 4 is 11.6 Å². The zero-order chi connectivity index (χ0) is 21.5. The Hall–Kier alpha value is -2.64. The molecule has 4 rings (SSSR count). The number of ether oxygens (including phenoxy) is 1. The second-order valence-electron chi connectivity index (χ2n) is 8.08. The van der Waals surface area contributed by atoms with Crippen molar-refractivity contribution in [3.63, 3.8) is 0 Å². The van der Waals surface area contributed by atoms with Crippen molar-refractivity contribution in [1.29, 1.82) is 0 Å². The van der Waals surface area contributed by atoms with Crippen LogP contribution in [0.5, 0.6) is 0 Å². The lowest BCUT2D eigenvalue weighted by Gasteiger charge is -2.35. The minimum absolute atomic E-state index is 0.0579. The third-order valence-electron chi connectivity index (χ3n) is 6.06. The maximum atomic E-state index is 13.9. The molecule has 166 valence electrons. The number of hydrogen-bond acceptors (Lipinski definition) is 4. The lowest BCUT2D eigenvalue weighted by molar-refractivity contribution is 0.0169. The van der Waals surface area contributed by atoms with E-state index in [2.05, 4.69) is 49.7 Å². The molecule has 2 aromatic carbocycles. The quantitative estimate of drug-likeness (QED) is 0.551. The molecule has 2 saturated heterocycles. The number of aliphatic imine (C=N–C) groups is 1. The first-order chi connectivity index (χ1) is 15.2. The fourth-order valence-corrected chi connectivity index (χ4v) is 4.39. The number of rotatable bonds is 6. The first kappa shape index (κ1) is 21.6. The highest BCUT2D eigenvalue weighted by molar-refractivity contribution is 5.80. The van der Waals surface area contributed by atoms with E-state index >= 15 is 0 Å². The fourth-order valence-electron chi connectivity index (χ4n) is 4.39. The van der Waals surface area contributed by atoms with Crippen molar-refractivity contribution in [2.24, 2.45) is 4.99 Å². The van der Waals surface area contributed by atoms with E-state index in [0.29, 0.717) is 25.8 Å². The van der Waals surface area contributed by atoms with Gasteiger partial charge in [-0.2, -0.15) is 0 Å². The minimum Gasteiger partial charge on any atom is -0.379 e. The Morgan fingerprint density at radius 2 is 1.94 bits per heavy atom. The first-order valence-corrected chi connectivity index (χ1v) is 11.1. The summed E-state index contributed by atoms with van der Waals surface area (Å²) in [4.78, 5) is 9.19. The Labute approximate surface area is 184 Å². The van der Waals surface area contributed by atoms with E-state index in [0.717, 1.165) is 44.1 Å². The van der Waals surface area contributed by atoms with Crippen LogP contribution in [0, 0.1) is 5.82 Å². The maximum absolute atomic E-state index is 13.9. The number of halogens is 1. The third kappa shape index (κ3) is 5.74. The molecule has 0 bridgehead atoms. The maximum Gasteiger partial charge on any atom is 0.191 e. The monoisotopic (exact) mass is 425 g/mol. The largest absolute Gasteiger partial charge is 0.379 e. The molecular formula is C24H32FN5O. The molecule has 0 amide bonds. The highest BCUT2D eigenvalue weighted by Crippen LogP contribution is 2.22. The van der Waals surface area contributed by atoms with Gasteiger partial charge in [0.1, 0.15) is 5.82 Å². The molecule has 31 heavy (non-hydrogen) atoms. The van der Waals surface area contributed by atoms with Gasteiger partial charge in [0.2, 0.25) is 0 Å². The van der Waals surface area contributed by atoms with Gasteiger partial charge in [-0.15, -0.1) is 0 Å². The van der Waals surface area contributed by atoms with Gasteiger partial charge >= 0.3 is 0 Å². The molecule has 6 nitrogen and oxygen atoms in total. The second kappa shape index (κ2) is 10.6. The van der Waals surface area contributed by atoms with Crippen LogP contribution < -0.4 is 15.5 Å². The summed E-state index contributed by atoms with van der Waals surface area (Å²) in [6, 6.07) is 17.8. The van der Waals surface area contributed by atoms with Crippen molar-refractivity contribution in [3.05, 3.63) is 66.0 Å². The lowest BCUT2D eigenvalue weighted by Crippen LogP contribution is -2.48. The highest BCUT2D eigenvalue weighted by Gasteiger charge is 2.25. The topological polar surface area (TPSA) is 52.1 Å². The standard InChI is InChI=1S/C24H32FN5O/c1-26-24(28-21-10-11-30(18-21)22-8-3-2-4-9-22)27-17-23(29-12-14-31-15-13-29)19-6-5-7-20(25)16-19/h2-9,16,21,23H,10-15,17-18H2,1H3,(H2,26,27,28). The predicted octanol–water partition coefficient (Wildman–Crippen LogP) is 2.64. The molecule has 2 N–H and O–H groups in total. The van der Waals surface area contributed by atoms with Crippen LogP contribution in [0.3, 0.4) is 0 Å². The normalized spacial score (nSPS) is 21.2. The molecule has 2 aliphatic rings. The fraction of sp³-hybridized carbons (Fsp3) is 0.458. The third-order valence-corrected chi connectivity index (χ3v) is 6.06. The lowest BCUT2D eigenvalue weighted by atomic mass is 10.0. The molecule has 2 atom stereocenters. The van der Waals surface area contributed by atoms with Gasteiger partial charge in [0, 0.05) is 51.5 Å². The Kier molecular flexibility index (Phi) is 7.38. The van der Waals surface area contributed by atoms with Crippen LogP contribution in [0.2, 0.25) is 0 Å². The van der Waals surface area contributed by atoms with Crippen molar-refractivity contribution in [1.82, 2.24) is 15.5 Å². The number of nitrogens with one attached hydrogen (secondary N) is 2. The van der Waals surface area contributed by atoms with E-state index in [1.165, 1.54) is 11.8 Å². The summed E-state index contributed by atoms with van der Waals surface area (Å²) in [6.45, 7) is 5.71. The summed E-state index contributed by atoms with van der Waals surface area (Å²) in [5.74, 6) is 0.583. The van der Waals surface area contributed by atoms with Gasteiger partial charge in [-0.1, -0.05) is 30.3 Å². The summed E-state index contributed by atoms with van der Waals surface area (Å²) >= 11 is 0. The Balaban J connectivity index is 1.36. The minimum atomic E-state index is -0.203. The molecule has 7 heteroatoms. The van der Waals surface area contributed by atoms with E-state index in [1.54, 1.807) is 19.2 Å². The molecule has 0 aliphatic carbocycles. The van der Waals surface area contributed by atoms with E-state index in [-0.39, 0.29) is 11.9 Å². The van der Waals surface area contributed by atoms with Crippen LogP contribution in [-0.4, -0.2) is 69.9 Å². The summed E-state index contributed by atoms with van der Waals surface area (Å²) in [5.41, 5.74) is 2.23. The smallest absolute Gasteiger partial charge is 0.191 e. The number of para-hydroxylation sites is 1. The highest BCUT2D eigenvalue weighted by atomic mass is 19.1. The summed E-state index contributed by atoms with van der Waals surface area (Å²) in [5, 5.41) is 7.05. The molecule has 2 unspecified atom stereocenters. The Bertz CT molecular complexity index is 856. The zero-order valence-corrected chi connectivity index (χ0v) is 18.1. The van der Waals surface area contributed by atoms with Crippen LogP contribution in [-0.2, 0) is 4.74 Å². The SMILES string of the molecule is CN=C(NCC(c1cccc(F)c1)N1CCOCC1)NC1CCN(c2ccccc2)C1. The van der Waals surface area contributed by atoms with Gasteiger partial charge in [0.25, 0.3) is 0 Å². The Morgan fingerprint density at radius 3 is 2.68 bits per heavy atom. The van der Waals surface area contributed by atoms with Crippen LogP contribution >= 0.6 is 0 Å². The van der Waals surface area contributed by atoms with Gasteiger partial charge in [0.05, 0.1) is 19.3 Å². The number of guanidine groups is 1. The van der Waals surface area contributed by atoms with Crippen LogP contribution in [0.1, 0.15) is 18.0 Å². The van der Waals surface area contributed by atoms with Gasteiger partial charge in [-0.05, 0) is 36.2 Å². The number of nitrogens with zero attached hydrogens (tertiary/aromatic N) is 3. The van der Waals surface area contributed by atoms with Gasteiger partial charge in [-0.25, -0.2) is 4.39 Å². The van der Waals surface area contributed by atoms with Crippen LogP contribution in [0.4, 0.5) is 10.1 Å². The molecule has 2 fully saturated rings. The van der Waals surface area contributed by atoms with Crippen molar-refractivity contribution in [2.75, 3.05) is 57.9 Å². The molecule has 2 aromatic rings. The van der Waals surface area contributed by atoms with Gasteiger partial charge in [-0.3, -0.25) is 9.89 Å². The number of anilines is 1. The Morgan fingerprint density at radius 1 is 1.13 bits per heavy atom. The molecule has 2 aliphatic heterocycles. The molecule has 0 spiro atoms. The molecule has 0 aromatic heterocycles. The molecule has 0 saturated carbocycles. The van der Waals surface area contributed by atoms with Crippen molar-refractivity contribution in [3.8, 4) is 0 Å². The molecule has 2 heterocycles. The average Bonchev–Trinajstić information content (AvgIpc) is 3.28. The van der Waals surface area contributed by atoms with E-state index in [4.69, 9.17) is 4.74 Å². The molecule has 0 radical (unpaired) electrons. The summed E-state index contributed by atoms with van der Waals surface area (Å²) in [7, 11) is 1.80. The summed E-state index contributed by atoms with van der Waals surface area (Å²) in [6.07, 6.45) is 1.06. The first-order valence-electron chi connectivity index (χ1n) is 11.1. The zero-order valence-electron chi connectivity index (χ0n) is 18.1. The summed E-state index contributed by atoms with van der Waals surface area (Å²) < 4.78 is 19.4. The van der Waals surface area contributed by atoms with E-state index < -0.39 is 0 Å². The van der Waals surface area contributed by atoms with E-state index in [9.17, 15) is 4.39 Å². The van der Waals surface area contributed by atoms with Crippen molar-refractivity contribution in [2.45, 2.75) is 18.5 Å². The van der Waals surface area contributed by atoms with Crippen molar-refractivity contribution < 1.29 is 9.13 Å². The number of benzene rings is 2. The number of morpholine rings is 1. The second-order valence-corrected chi connectivity index (χ2v) is 8.08. The number of hydrogen-bond donors (Lipinski definition) is 2. The van der Waals surface area contributed by atoms with Crippen LogP contribution in [0.25, 0.3) is 0 Å². The predicted molar refractivity (Wildman–Crippen MR) is 123 cm³/mol. The van der Waals surface area contributed by atoms with Crippen LogP contribution in [0.15, 0.2) is 59.6 Å². The average molecular weight is 426 g/mol. The van der Waals surface area contributed by atoms with Gasteiger partial charge < -0.3 is 20.3 Å². The van der Waals surface area contributed by atoms with E-state index in [1.807, 2.05) is 12.1 Å².